The zero-order valence-electron chi connectivity index (χ0n) is 10.6. The largest absolute Gasteiger partial charge is 0.396 e. The van der Waals surface area contributed by atoms with Gasteiger partial charge in [0.15, 0.2) is 11.5 Å². The van der Waals surface area contributed by atoms with Crippen LogP contribution < -0.4 is 10.2 Å². The van der Waals surface area contributed by atoms with Gasteiger partial charge in [0.2, 0.25) is 5.95 Å². The number of rotatable bonds is 6. The first-order valence-corrected chi connectivity index (χ1v) is 6.04. The molecule has 0 radical (unpaired) electrons. The lowest BCUT2D eigenvalue weighted by atomic mass is 10.3. The van der Waals surface area contributed by atoms with Gasteiger partial charge in [-0.15, -0.1) is 0 Å². The molecule has 0 bridgehead atoms. The molecule has 2 aromatic heterocycles. The third-order valence-corrected chi connectivity index (χ3v) is 2.76. The summed E-state index contributed by atoms with van der Waals surface area (Å²) in [5, 5.41) is 11.9. The van der Waals surface area contributed by atoms with Crippen LogP contribution in [-0.4, -0.2) is 51.8 Å². The maximum atomic E-state index is 8.94. The number of aromatic amines is 1. The van der Waals surface area contributed by atoms with Crippen molar-refractivity contribution in [3.05, 3.63) is 6.33 Å². The first-order valence-electron chi connectivity index (χ1n) is 6.04. The van der Waals surface area contributed by atoms with Gasteiger partial charge in [-0.3, -0.25) is 0 Å². The second-order valence-corrected chi connectivity index (χ2v) is 3.88. The lowest BCUT2D eigenvalue weighted by molar-refractivity contribution is 0.289. The number of nitrogens with one attached hydrogen (secondary N) is 2. The predicted molar refractivity (Wildman–Crippen MR) is 70.8 cm³/mol. The van der Waals surface area contributed by atoms with Gasteiger partial charge < -0.3 is 20.3 Å². The normalized spacial score (nSPS) is 10.8. The summed E-state index contributed by atoms with van der Waals surface area (Å²) in [6, 6.07) is 0. The van der Waals surface area contributed by atoms with Crippen molar-refractivity contribution in [2.75, 3.05) is 37.0 Å². The first-order chi connectivity index (χ1) is 8.80. The minimum absolute atomic E-state index is 0.173. The molecule has 0 aliphatic heterocycles. The lowest BCUT2D eigenvalue weighted by Gasteiger charge is -2.22. The van der Waals surface area contributed by atoms with Crippen LogP contribution >= 0.6 is 0 Å². The van der Waals surface area contributed by atoms with E-state index in [0.29, 0.717) is 18.0 Å². The molecule has 0 amide bonds. The highest BCUT2D eigenvalue weighted by molar-refractivity contribution is 5.84. The van der Waals surface area contributed by atoms with Gasteiger partial charge in [0.1, 0.15) is 5.52 Å². The van der Waals surface area contributed by atoms with Gasteiger partial charge in [0, 0.05) is 26.7 Å². The second kappa shape index (κ2) is 5.63. The summed E-state index contributed by atoms with van der Waals surface area (Å²) in [6.45, 7) is 3.79. The fourth-order valence-corrected chi connectivity index (χ4v) is 1.83. The van der Waals surface area contributed by atoms with E-state index in [1.165, 1.54) is 0 Å². The quantitative estimate of drug-likeness (QED) is 0.695. The number of nitrogens with zero attached hydrogens (tertiary/aromatic N) is 4. The molecule has 2 rings (SSSR count). The molecule has 0 saturated carbocycles. The van der Waals surface area contributed by atoms with E-state index in [9.17, 15) is 0 Å². The maximum Gasteiger partial charge on any atom is 0.226 e. The Morgan fingerprint density at radius 2 is 2.28 bits per heavy atom. The highest BCUT2D eigenvalue weighted by Crippen LogP contribution is 2.22. The van der Waals surface area contributed by atoms with E-state index in [0.717, 1.165) is 24.4 Å². The monoisotopic (exact) mass is 250 g/mol. The van der Waals surface area contributed by atoms with Crippen LogP contribution in [0.4, 0.5) is 11.8 Å². The van der Waals surface area contributed by atoms with Gasteiger partial charge in [-0.25, -0.2) is 4.98 Å². The topological polar surface area (TPSA) is 90.0 Å². The van der Waals surface area contributed by atoms with E-state index < -0.39 is 0 Å². The molecule has 3 N–H and O–H groups in total. The van der Waals surface area contributed by atoms with Crippen LogP contribution in [0.2, 0.25) is 0 Å². The molecule has 7 nitrogen and oxygen atoms in total. The molecule has 0 spiro atoms. The summed E-state index contributed by atoms with van der Waals surface area (Å²) >= 11 is 0. The average Bonchev–Trinajstić information content (AvgIpc) is 2.87. The average molecular weight is 250 g/mol. The highest BCUT2D eigenvalue weighted by atomic mass is 16.3. The van der Waals surface area contributed by atoms with E-state index in [4.69, 9.17) is 5.11 Å². The Kier molecular flexibility index (Phi) is 3.93. The number of hydrogen-bond donors (Lipinski definition) is 3. The number of H-pyrrole nitrogens is 1. The number of anilines is 2. The summed E-state index contributed by atoms with van der Waals surface area (Å²) in [7, 11) is 1.78. The molecular formula is C11H18N6O. The van der Waals surface area contributed by atoms with Crippen molar-refractivity contribution in [2.45, 2.75) is 13.3 Å². The molecule has 2 heterocycles. The Balaban J connectivity index is 2.42. The molecule has 0 atom stereocenters. The third-order valence-electron chi connectivity index (χ3n) is 2.76. The van der Waals surface area contributed by atoms with E-state index in [2.05, 4.69) is 37.1 Å². The van der Waals surface area contributed by atoms with E-state index in [1.54, 1.807) is 13.4 Å². The van der Waals surface area contributed by atoms with Crippen molar-refractivity contribution in [1.29, 1.82) is 0 Å². The van der Waals surface area contributed by atoms with Crippen LogP contribution in [0.3, 0.4) is 0 Å². The van der Waals surface area contributed by atoms with Crippen LogP contribution in [0, 0.1) is 0 Å². The van der Waals surface area contributed by atoms with Gasteiger partial charge in [-0.2, -0.15) is 9.97 Å². The van der Waals surface area contributed by atoms with E-state index in [1.807, 2.05) is 0 Å². The molecule has 0 fully saturated rings. The van der Waals surface area contributed by atoms with Crippen molar-refractivity contribution in [1.82, 2.24) is 19.9 Å². The molecule has 0 unspecified atom stereocenters. The van der Waals surface area contributed by atoms with Gasteiger partial charge in [0.05, 0.1) is 6.33 Å². The van der Waals surface area contributed by atoms with Gasteiger partial charge in [0.25, 0.3) is 0 Å². The Morgan fingerprint density at radius 1 is 1.44 bits per heavy atom. The number of aromatic nitrogens is 4. The van der Waals surface area contributed by atoms with Crippen molar-refractivity contribution < 1.29 is 5.11 Å². The summed E-state index contributed by atoms with van der Waals surface area (Å²) < 4.78 is 0. The number of fused-ring (bicyclic) bond motifs is 1. The van der Waals surface area contributed by atoms with Crippen LogP contribution in [0.25, 0.3) is 11.2 Å². The zero-order valence-corrected chi connectivity index (χ0v) is 10.6. The highest BCUT2D eigenvalue weighted by Gasteiger charge is 2.14. The third kappa shape index (κ3) is 2.35. The molecule has 2 aromatic rings. The van der Waals surface area contributed by atoms with Gasteiger partial charge >= 0.3 is 0 Å². The zero-order chi connectivity index (χ0) is 13.0. The fraction of sp³-hybridized carbons (Fsp3) is 0.545. The van der Waals surface area contributed by atoms with Crippen molar-refractivity contribution >= 4 is 22.9 Å². The second-order valence-electron chi connectivity index (χ2n) is 3.88. The Bertz CT molecular complexity index is 511. The summed E-state index contributed by atoms with van der Waals surface area (Å²) in [6.07, 6.45) is 2.32. The first kappa shape index (κ1) is 12.6. The molecule has 0 aliphatic rings. The lowest BCUT2D eigenvalue weighted by Crippen LogP contribution is -2.26. The SMILES string of the molecule is CCN(CCCO)c1nc(NC)nc2nc[nH]c12. The van der Waals surface area contributed by atoms with Crippen LogP contribution in [0.15, 0.2) is 6.33 Å². The van der Waals surface area contributed by atoms with Crippen molar-refractivity contribution in [2.24, 2.45) is 0 Å². The van der Waals surface area contributed by atoms with Crippen LogP contribution in [0.1, 0.15) is 13.3 Å². The number of aliphatic hydroxyl groups excluding tert-OH is 1. The molecule has 98 valence electrons. The minimum atomic E-state index is 0.173. The molecule has 0 aromatic carbocycles. The Morgan fingerprint density at radius 3 is 2.94 bits per heavy atom. The number of hydrogen-bond acceptors (Lipinski definition) is 6. The van der Waals surface area contributed by atoms with Crippen molar-refractivity contribution in [3.8, 4) is 0 Å². The van der Waals surface area contributed by atoms with Gasteiger partial charge in [-0.05, 0) is 13.3 Å². The molecule has 7 heteroatoms. The summed E-state index contributed by atoms with van der Waals surface area (Å²) in [5.74, 6) is 1.37. The summed E-state index contributed by atoms with van der Waals surface area (Å²) in [4.78, 5) is 18.1. The maximum absolute atomic E-state index is 8.94. The minimum Gasteiger partial charge on any atom is -0.396 e. The smallest absolute Gasteiger partial charge is 0.226 e. The van der Waals surface area contributed by atoms with E-state index >= 15 is 0 Å². The number of aliphatic hydroxyl groups is 1. The Labute approximate surface area is 105 Å². The fourth-order valence-electron chi connectivity index (χ4n) is 1.83. The summed E-state index contributed by atoms with van der Waals surface area (Å²) in [5.41, 5.74) is 1.47. The van der Waals surface area contributed by atoms with E-state index in [-0.39, 0.29) is 6.61 Å². The number of imidazole rings is 1. The van der Waals surface area contributed by atoms with Crippen molar-refractivity contribution in [3.63, 3.8) is 0 Å². The molecule has 18 heavy (non-hydrogen) atoms. The molecule has 0 aliphatic carbocycles. The molecular weight excluding hydrogens is 232 g/mol. The van der Waals surface area contributed by atoms with Crippen LogP contribution in [0.5, 0.6) is 0 Å². The Hall–Kier alpha value is -1.89. The van der Waals surface area contributed by atoms with Gasteiger partial charge in [-0.1, -0.05) is 0 Å². The van der Waals surface area contributed by atoms with Crippen LogP contribution in [-0.2, 0) is 0 Å². The standard InChI is InChI=1S/C11H18N6O/c1-3-17(5-4-6-18)10-8-9(14-7-13-8)15-11(12-2)16-10/h7,18H,3-6H2,1-2H3,(H2,12,13,14,15,16). The predicted octanol–water partition coefficient (Wildman–Crippen LogP) is 0.603. The molecule has 0 saturated heterocycles.